The van der Waals surface area contributed by atoms with E-state index in [2.05, 4.69) is 16.0 Å². The minimum Gasteiger partial charge on any atom is -0.454 e. The second-order valence-corrected chi connectivity index (χ2v) is 6.63. The largest absolute Gasteiger partial charge is 0.454 e. The molecule has 0 aliphatic carbocycles. The summed E-state index contributed by atoms with van der Waals surface area (Å²) in [5.41, 5.74) is 3.28. The third-order valence-corrected chi connectivity index (χ3v) is 4.27. The van der Waals surface area contributed by atoms with E-state index in [0.29, 0.717) is 23.4 Å². The molecule has 0 saturated carbocycles. The Morgan fingerprint density at radius 3 is 2.27 bits per heavy atom. The lowest BCUT2D eigenvalue weighted by Gasteiger charge is -2.09. The molecule has 8 nitrogen and oxygen atoms in total. The number of anilines is 1. The van der Waals surface area contributed by atoms with Gasteiger partial charge in [-0.15, -0.1) is 0 Å². The summed E-state index contributed by atoms with van der Waals surface area (Å²) in [7, 11) is 0. The van der Waals surface area contributed by atoms with Crippen LogP contribution >= 0.6 is 0 Å². The molecule has 3 N–H and O–H groups in total. The van der Waals surface area contributed by atoms with Gasteiger partial charge in [0.05, 0.1) is 0 Å². The number of esters is 1. The standard InChI is InChI=1S/C22H25N3O5/c1-4-23-21(28)16-6-5-7-18(11-16)25-19(26)13-30-20(27)12-24-22(29)17-9-8-14(2)15(3)10-17/h5-11H,4,12-13H2,1-3H3,(H,23,28)(H,24,29)(H,25,26). The number of hydrogen-bond donors (Lipinski definition) is 3. The average Bonchev–Trinajstić information content (AvgIpc) is 2.72. The van der Waals surface area contributed by atoms with Gasteiger partial charge in [-0.05, 0) is 62.2 Å². The number of aryl methyl sites for hydroxylation is 2. The van der Waals surface area contributed by atoms with Crippen molar-refractivity contribution in [1.82, 2.24) is 10.6 Å². The van der Waals surface area contributed by atoms with Gasteiger partial charge >= 0.3 is 5.97 Å². The van der Waals surface area contributed by atoms with E-state index in [9.17, 15) is 19.2 Å². The molecule has 0 bridgehead atoms. The highest BCUT2D eigenvalue weighted by atomic mass is 16.5. The van der Waals surface area contributed by atoms with E-state index in [1.807, 2.05) is 26.8 Å². The maximum Gasteiger partial charge on any atom is 0.325 e. The Bertz CT molecular complexity index is 956. The Hall–Kier alpha value is -3.68. The second kappa shape index (κ2) is 10.8. The summed E-state index contributed by atoms with van der Waals surface area (Å²) in [5.74, 6) is -1.95. The van der Waals surface area contributed by atoms with Gasteiger partial charge < -0.3 is 20.7 Å². The van der Waals surface area contributed by atoms with Crippen molar-refractivity contribution in [1.29, 1.82) is 0 Å². The van der Waals surface area contributed by atoms with Crippen LogP contribution in [0.25, 0.3) is 0 Å². The second-order valence-electron chi connectivity index (χ2n) is 6.63. The fraction of sp³-hybridized carbons (Fsp3) is 0.273. The monoisotopic (exact) mass is 411 g/mol. The number of nitrogens with one attached hydrogen (secondary N) is 3. The van der Waals surface area contributed by atoms with Crippen LogP contribution in [0.2, 0.25) is 0 Å². The molecule has 0 aromatic heterocycles. The normalized spacial score (nSPS) is 10.1. The molecule has 2 rings (SSSR count). The zero-order valence-corrected chi connectivity index (χ0v) is 17.2. The van der Waals surface area contributed by atoms with Crippen LogP contribution in [0, 0.1) is 13.8 Å². The van der Waals surface area contributed by atoms with E-state index >= 15 is 0 Å². The van der Waals surface area contributed by atoms with Crippen LogP contribution in [0.3, 0.4) is 0 Å². The van der Waals surface area contributed by atoms with Gasteiger partial charge in [-0.1, -0.05) is 12.1 Å². The SMILES string of the molecule is CCNC(=O)c1cccc(NC(=O)COC(=O)CNC(=O)c2ccc(C)c(C)c2)c1. The summed E-state index contributed by atoms with van der Waals surface area (Å²) in [4.78, 5) is 47.7. The molecule has 0 fully saturated rings. The molecule has 30 heavy (non-hydrogen) atoms. The summed E-state index contributed by atoms with van der Waals surface area (Å²) in [5, 5.41) is 7.68. The lowest BCUT2D eigenvalue weighted by Crippen LogP contribution is -2.32. The Morgan fingerprint density at radius 2 is 1.57 bits per heavy atom. The van der Waals surface area contributed by atoms with Crippen LogP contribution in [-0.4, -0.2) is 43.4 Å². The van der Waals surface area contributed by atoms with E-state index < -0.39 is 24.4 Å². The average molecular weight is 411 g/mol. The van der Waals surface area contributed by atoms with Gasteiger partial charge in [-0.2, -0.15) is 0 Å². The van der Waals surface area contributed by atoms with Crippen LogP contribution in [0.1, 0.15) is 38.8 Å². The zero-order valence-electron chi connectivity index (χ0n) is 17.2. The van der Waals surface area contributed by atoms with Gasteiger partial charge in [0, 0.05) is 23.4 Å². The molecule has 0 unspecified atom stereocenters. The van der Waals surface area contributed by atoms with Crippen LogP contribution in [0.5, 0.6) is 0 Å². The van der Waals surface area contributed by atoms with Crippen LogP contribution in [-0.2, 0) is 14.3 Å². The molecule has 0 heterocycles. The molecule has 2 aromatic rings. The highest BCUT2D eigenvalue weighted by Gasteiger charge is 2.12. The number of ether oxygens (including phenoxy) is 1. The molecule has 8 heteroatoms. The number of amides is 3. The first kappa shape index (κ1) is 22.6. The number of carbonyl (C=O) groups excluding carboxylic acids is 4. The Balaban J connectivity index is 1.78. The predicted molar refractivity (Wildman–Crippen MR) is 112 cm³/mol. The predicted octanol–water partition coefficient (Wildman–Crippen LogP) is 1.96. The maximum atomic E-state index is 12.1. The van der Waals surface area contributed by atoms with E-state index in [0.717, 1.165) is 11.1 Å². The van der Waals surface area contributed by atoms with Crippen molar-refractivity contribution < 1.29 is 23.9 Å². The Morgan fingerprint density at radius 1 is 0.867 bits per heavy atom. The lowest BCUT2D eigenvalue weighted by atomic mass is 10.1. The first-order chi connectivity index (χ1) is 14.3. The van der Waals surface area contributed by atoms with Crippen molar-refractivity contribution in [2.75, 3.05) is 25.0 Å². The van der Waals surface area contributed by atoms with Gasteiger partial charge in [-0.3, -0.25) is 19.2 Å². The summed E-state index contributed by atoms with van der Waals surface area (Å²) in [6.45, 7) is 5.27. The van der Waals surface area contributed by atoms with E-state index in [1.165, 1.54) is 6.07 Å². The van der Waals surface area contributed by atoms with Crippen molar-refractivity contribution in [3.63, 3.8) is 0 Å². The molecule has 0 saturated heterocycles. The van der Waals surface area contributed by atoms with Crippen LogP contribution in [0.4, 0.5) is 5.69 Å². The molecule has 158 valence electrons. The minimum atomic E-state index is -0.738. The summed E-state index contributed by atoms with van der Waals surface area (Å²) in [6, 6.07) is 11.6. The van der Waals surface area contributed by atoms with Gasteiger partial charge in [0.25, 0.3) is 17.7 Å². The van der Waals surface area contributed by atoms with E-state index in [4.69, 9.17) is 4.74 Å². The molecular formula is C22H25N3O5. The lowest BCUT2D eigenvalue weighted by molar-refractivity contribution is -0.146. The molecule has 0 aliphatic heterocycles. The topological polar surface area (TPSA) is 114 Å². The fourth-order valence-electron chi connectivity index (χ4n) is 2.53. The summed E-state index contributed by atoms with van der Waals surface area (Å²) in [6.07, 6.45) is 0. The quantitative estimate of drug-likeness (QED) is 0.575. The van der Waals surface area contributed by atoms with E-state index in [1.54, 1.807) is 30.3 Å². The number of benzene rings is 2. The van der Waals surface area contributed by atoms with Crippen LogP contribution < -0.4 is 16.0 Å². The van der Waals surface area contributed by atoms with Gasteiger partial charge in [0.15, 0.2) is 6.61 Å². The number of carbonyl (C=O) groups is 4. The molecule has 2 aromatic carbocycles. The number of rotatable bonds is 8. The van der Waals surface area contributed by atoms with Crippen molar-refractivity contribution >= 4 is 29.4 Å². The number of hydrogen-bond acceptors (Lipinski definition) is 5. The fourth-order valence-corrected chi connectivity index (χ4v) is 2.53. The molecule has 0 atom stereocenters. The summed E-state index contributed by atoms with van der Waals surface area (Å²) < 4.78 is 4.88. The molecule has 0 spiro atoms. The molecule has 3 amide bonds. The molecule has 0 aliphatic rings. The van der Waals surface area contributed by atoms with Crippen molar-refractivity contribution in [3.05, 3.63) is 64.7 Å². The highest BCUT2D eigenvalue weighted by molar-refractivity contribution is 5.98. The van der Waals surface area contributed by atoms with Gasteiger partial charge in [0.1, 0.15) is 6.54 Å². The minimum absolute atomic E-state index is 0.250. The Labute approximate surface area is 175 Å². The molecule has 0 radical (unpaired) electrons. The van der Waals surface area contributed by atoms with Crippen molar-refractivity contribution in [2.45, 2.75) is 20.8 Å². The Kier molecular flexibility index (Phi) is 8.10. The van der Waals surface area contributed by atoms with Gasteiger partial charge in [0.2, 0.25) is 0 Å². The molecular weight excluding hydrogens is 386 g/mol. The van der Waals surface area contributed by atoms with Crippen LogP contribution in [0.15, 0.2) is 42.5 Å². The highest BCUT2D eigenvalue weighted by Crippen LogP contribution is 2.11. The maximum absolute atomic E-state index is 12.1. The first-order valence-electron chi connectivity index (χ1n) is 9.49. The smallest absolute Gasteiger partial charge is 0.325 e. The third-order valence-electron chi connectivity index (χ3n) is 4.27. The van der Waals surface area contributed by atoms with Gasteiger partial charge in [-0.25, -0.2) is 0 Å². The van der Waals surface area contributed by atoms with E-state index in [-0.39, 0.29) is 12.5 Å². The summed E-state index contributed by atoms with van der Waals surface area (Å²) >= 11 is 0. The first-order valence-corrected chi connectivity index (χ1v) is 9.49. The zero-order chi connectivity index (χ0) is 22.1. The third kappa shape index (κ3) is 6.73. The van der Waals surface area contributed by atoms with Crippen molar-refractivity contribution in [2.24, 2.45) is 0 Å². The van der Waals surface area contributed by atoms with Crippen molar-refractivity contribution in [3.8, 4) is 0 Å².